The second-order valence-electron chi connectivity index (χ2n) is 16.3. The van der Waals surface area contributed by atoms with E-state index in [9.17, 15) is 19.2 Å². The van der Waals surface area contributed by atoms with Crippen molar-refractivity contribution in [3.8, 4) is 23.0 Å². The molecule has 2 fully saturated rings. The first-order chi connectivity index (χ1) is 31.7. The summed E-state index contributed by atoms with van der Waals surface area (Å²) >= 11 is 0. The Morgan fingerprint density at radius 3 is 1.68 bits per heavy atom. The van der Waals surface area contributed by atoms with E-state index in [1.807, 2.05) is 61.4 Å². The van der Waals surface area contributed by atoms with Crippen LogP contribution < -0.4 is 40.2 Å². The molecule has 0 spiro atoms. The van der Waals surface area contributed by atoms with E-state index in [4.69, 9.17) is 23.7 Å². The van der Waals surface area contributed by atoms with Gasteiger partial charge in [-0.2, -0.15) is 0 Å². The molecule has 4 amide bonds. The molecule has 3 aromatic carbocycles. The van der Waals surface area contributed by atoms with Gasteiger partial charge in [0.2, 0.25) is 17.7 Å². The predicted octanol–water partition coefficient (Wildman–Crippen LogP) is 7.20. The highest BCUT2D eigenvalue weighted by molar-refractivity contribution is 8.77. The molecular weight excluding hydrogens is 905 g/mol. The lowest BCUT2D eigenvalue weighted by molar-refractivity contribution is -0.126. The lowest BCUT2D eigenvalue weighted by Crippen LogP contribution is -2.36. The number of nitrogens with one attached hydrogen (secondary N) is 4. The molecule has 3 aliphatic rings. The maximum Gasteiger partial charge on any atom is 0.258 e. The van der Waals surface area contributed by atoms with E-state index in [1.54, 1.807) is 21.3 Å². The van der Waals surface area contributed by atoms with E-state index in [0.717, 1.165) is 82.0 Å². The van der Waals surface area contributed by atoms with Gasteiger partial charge in [-0.1, -0.05) is 55.7 Å². The summed E-state index contributed by atoms with van der Waals surface area (Å²) < 4.78 is 29.3. The first kappa shape index (κ1) is 50.5. The topological polar surface area (TPSA) is 163 Å². The minimum Gasteiger partial charge on any atom is -0.497 e. The average Bonchev–Trinajstić information content (AvgIpc) is 4.05. The molecule has 2 saturated heterocycles. The van der Waals surface area contributed by atoms with Crippen molar-refractivity contribution in [2.24, 2.45) is 0 Å². The van der Waals surface area contributed by atoms with E-state index in [-0.39, 0.29) is 43.4 Å². The molecule has 3 aromatic rings. The Hall–Kier alpha value is -3.90. The van der Waals surface area contributed by atoms with Crippen LogP contribution in [0.1, 0.15) is 96.7 Å². The van der Waals surface area contributed by atoms with Gasteiger partial charge in [0.15, 0.2) is 18.1 Å². The molecule has 0 saturated carbocycles. The van der Waals surface area contributed by atoms with Crippen molar-refractivity contribution in [3.05, 3.63) is 81.4 Å². The molecule has 4 N–H and O–H groups in total. The minimum atomic E-state index is -0.301. The molecule has 354 valence electrons. The van der Waals surface area contributed by atoms with Crippen LogP contribution in [0.15, 0.2) is 42.5 Å². The average molecular weight is 969 g/mol. The van der Waals surface area contributed by atoms with Gasteiger partial charge >= 0.3 is 0 Å². The molecule has 2 atom stereocenters. The fourth-order valence-electron chi connectivity index (χ4n) is 8.04. The molecule has 1 aliphatic carbocycles. The SMILES string of the molecule is COc1ccc2c(c1)Cc1cc(OCC(=O)NCCNC(=O)CCCCC3CCSS3)c(OC)cc1Cc1cc(COCC(=O)NCCNC(=O)CCCC3CCSS3)c(OC)cc1C2. The van der Waals surface area contributed by atoms with Gasteiger partial charge in [-0.3, -0.25) is 19.2 Å². The van der Waals surface area contributed by atoms with Crippen LogP contribution in [0, 0.1) is 0 Å². The third-order valence-corrected chi connectivity index (χ3v) is 17.6. The highest BCUT2D eigenvalue weighted by atomic mass is 33.1. The standard InChI is InChI=1S/C48H64N4O9S4/c1-57-39-12-11-32-21-35-26-42(58-2)38(29-60-30-47(55)51-17-15-50-46(54)10-6-8-41-14-20-63-65-41)24-33(35)22-36-27-43(59-3)44(28-37(36)23-34(32)25-39)61-31-48(56)52-18-16-49-45(53)9-5-4-7-40-13-19-62-64-40/h11-12,24-28,40-41H,4-10,13-23,29-31H2,1-3H3,(H,49,53)(H,50,54)(H,51,55)(H,52,56). The Morgan fingerprint density at radius 2 is 1.08 bits per heavy atom. The van der Waals surface area contributed by atoms with Gasteiger partial charge in [0, 0.05) is 66.6 Å². The second kappa shape index (κ2) is 27.0. The molecule has 17 heteroatoms. The molecule has 65 heavy (non-hydrogen) atoms. The smallest absolute Gasteiger partial charge is 0.258 e. The van der Waals surface area contributed by atoms with Gasteiger partial charge in [0.1, 0.15) is 18.1 Å². The van der Waals surface area contributed by atoms with E-state index in [2.05, 4.69) is 45.5 Å². The zero-order valence-electron chi connectivity index (χ0n) is 37.9. The summed E-state index contributed by atoms with van der Waals surface area (Å²) in [5.41, 5.74) is 7.23. The molecule has 0 aromatic heterocycles. The number of rotatable bonds is 25. The predicted molar refractivity (Wildman–Crippen MR) is 264 cm³/mol. The van der Waals surface area contributed by atoms with Crippen LogP contribution in [0.25, 0.3) is 0 Å². The lowest BCUT2D eigenvalue weighted by Gasteiger charge is -2.18. The van der Waals surface area contributed by atoms with Crippen LogP contribution >= 0.6 is 43.2 Å². The Balaban J connectivity index is 1.04. The highest BCUT2D eigenvalue weighted by Crippen LogP contribution is 2.41. The summed E-state index contributed by atoms with van der Waals surface area (Å²) in [6, 6.07) is 14.2. The van der Waals surface area contributed by atoms with Crippen LogP contribution in [0.3, 0.4) is 0 Å². The number of methoxy groups -OCH3 is 3. The normalized spacial score (nSPS) is 16.4. The van der Waals surface area contributed by atoms with Gasteiger partial charge in [0.05, 0.1) is 27.9 Å². The number of hydrogen-bond donors (Lipinski definition) is 4. The van der Waals surface area contributed by atoms with E-state index < -0.39 is 0 Å². The molecule has 2 unspecified atom stereocenters. The molecule has 13 nitrogen and oxygen atoms in total. The third-order valence-electron chi connectivity index (χ3n) is 11.6. The number of amides is 4. The molecular formula is C48H64N4O9S4. The zero-order valence-corrected chi connectivity index (χ0v) is 41.1. The molecule has 6 rings (SSSR count). The Bertz CT molecular complexity index is 2060. The van der Waals surface area contributed by atoms with Gasteiger partial charge in [0.25, 0.3) is 5.91 Å². The number of hydrogen-bond acceptors (Lipinski definition) is 13. The quantitative estimate of drug-likeness (QED) is 0.0390. The Kier molecular flexibility index (Phi) is 21.0. The summed E-state index contributed by atoms with van der Waals surface area (Å²) in [6.45, 7) is 1.13. The van der Waals surface area contributed by atoms with Gasteiger partial charge in [-0.05, 0) is 128 Å². The van der Waals surface area contributed by atoms with Crippen molar-refractivity contribution in [1.29, 1.82) is 0 Å². The van der Waals surface area contributed by atoms with Gasteiger partial charge < -0.3 is 45.0 Å². The van der Waals surface area contributed by atoms with Crippen molar-refractivity contribution < 1.29 is 42.9 Å². The van der Waals surface area contributed by atoms with E-state index in [0.29, 0.717) is 80.8 Å². The first-order valence-electron chi connectivity index (χ1n) is 22.6. The number of unbranched alkanes of at least 4 members (excludes halogenated alkanes) is 1. The summed E-state index contributed by atoms with van der Waals surface area (Å²) in [6.07, 6.45) is 10.3. The molecule has 0 radical (unpaired) electrons. The third kappa shape index (κ3) is 16.4. The number of benzene rings is 3. The molecule has 2 heterocycles. The lowest BCUT2D eigenvalue weighted by atomic mass is 9.92. The van der Waals surface area contributed by atoms with Crippen LogP contribution in [-0.4, -0.2) is 106 Å². The Labute approximate surface area is 399 Å². The van der Waals surface area contributed by atoms with Gasteiger partial charge in [-0.25, -0.2) is 0 Å². The van der Waals surface area contributed by atoms with Crippen molar-refractivity contribution in [2.45, 2.75) is 94.2 Å². The maximum atomic E-state index is 12.9. The van der Waals surface area contributed by atoms with Crippen molar-refractivity contribution >= 4 is 66.8 Å². The maximum absolute atomic E-state index is 12.9. The number of fused-ring (bicyclic) bond motifs is 3. The fourth-order valence-corrected chi connectivity index (χ4v) is 14.1. The summed E-state index contributed by atoms with van der Waals surface area (Å²) in [7, 11) is 12.6. The molecule has 0 bridgehead atoms. The Morgan fingerprint density at radius 1 is 0.554 bits per heavy atom. The first-order valence-corrected chi connectivity index (χ1v) is 27.4. The van der Waals surface area contributed by atoms with Crippen molar-refractivity contribution in [3.63, 3.8) is 0 Å². The van der Waals surface area contributed by atoms with Crippen LogP contribution in [-0.2, 0) is 49.8 Å². The number of carbonyl (C=O) groups is 4. The largest absolute Gasteiger partial charge is 0.497 e. The molecule has 2 aliphatic heterocycles. The van der Waals surface area contributed by atoms with Crippen molar-refractivity contribution in [1.82, 2.24) is 21.3 Å². The monoisotopic (exact) mass is 968 g/mol. The van der Waals surface area contributed by atoms with Crippen LogP contribution in [0.2, 0.25) is 0 Å². The summed E-state index contributed by atoms with van der Waals surface area (Å²) in [5, 5.41) is 12.8. The van der Waals surface area contributed by atoms with Crippen LogP contribution in [0.5, 0.6) is 23.0 Å². The van der Waals surface area contributed by atoms with Crippen molar-refractivity contribution in [2.75, 3.05) is 72.2 Å². The number of carbonyl (C=O) groups excluding carboxylic acids is 4. The summed E-state index contributed by atoms with van der Waals surface area (Å²) in [5.74, 6) is 4.23. The zero-order chi connectivity index (χ0) is 45.8. The van der Waals surface area contributed by atoms with E-state index in [1.165, 1.54) is 24.3 Å². The summed E-state index contributed by atoms with van der Waals surface area (Å²) in [4.78, 5) is 50.1. The highest BCUT2D eigenvalue weighted by Gasteiger charge is 2.22. The fraction of sp³-hybridized carbons (Fsp3) is 0.542. The van der Waals surface area contributed by atoms with Gasteiger partial charge in [-0.15, -0.1) is 0 Å². The second-order valence-corrected chi connectivity index (χ2v) is 21.9. The van der Waals surface area contributed by atoms with Crippen LogP contribution in [0.4, 0.5) is 0 Å². The number of ether oxygens (including phenoxy) is 5. The van der Waals surface area contributed by atoms with E-state index >= 15 is 0 Å². The minimum absolute atomic E-state index is 0.00401.